The van der Waals surface area contributed by atoms with Gasteiger partial charge in [0.2, 0.25) is 0 Å². The largest absolute Gasteiger partial charge is 0.463 e. The monoisotopic (exact) mass is 811 g/mol. The van der Waals surface area contributed by atoms with Crippen LogP contribution >= 0.6 is 0 Å². The Balaban J connectivity index is 3.18. The van der Waals surface area contributed by atoms with Gasteiger partial charge in [-0.3, -0.25) is 4.79 Å². The highest BCUT2D eigenvalue weighted by Gasteiger charge is 2.36. The van der Waals surface area contributed by atoms with Crippen LogP contribution in [0.2, 0.25) is 18.1 Å². The molecule has 0 amide bonds. The molecule has 0 heterocycles. The lowest BCUT2D eigenvalue weighted by Gasteiger charge is -2.36. The molecule has 13 heteroatoms. The van der Waals surface area contributed by atoms with Gasteiger partial charge in [0.1, 0.15) is 6.61 Å². The third-order valence-electron chi connectivity index (χ3n) is 9.45. The van der Waals surface area contributed by atoms with E-state index in [4.69, 9.17) is 51.8 Å². The lowest BCUT2D eigenvalue weighted by atomic mass is 10.0. The van der Waals surface area contributed by atoms with Crippen molar-refractivity contribution >= 4 is 14.3 Å². The SMILES string of the molecule is CCCCCCCCCCCCCCCC(=O)OCCOCCOCCOCCOCCOCCOCCOCCOCCOCCO[Si](C)(C)C(C)(C)C. The number of hydrogen-bond donors (Lipinski definition) is 0. The van der Waals surface area contributed by atoms with E-state index >= 15 is 0 Å². The minimum Gasteiger partial charge on any atom is -0.463 e. The molecule has 330 valence electrons. The highest BCUT2D eigenvalue weighted by molar-refractivity contribution is 6.74. The third-order valence-corrected chi connectivity index (χ3v) is 14.0. The molecule has 0 aromatic carbocycles. The minimum absolute atomic E-state index is 0.130. The number of unbranched alkanes of at least 4 members (excludes halogenated alkanes) is 12. The van der Waals surface area contributed by atoms with E-state index in [0.717, 1.165) is 12.8 Å². The summed E-state index contributed by atoms with van der Waals surface area (Å²) in [6.45, 7) is 23.5. The lowest BCUT2D eigenvalue weighted by Crippen LogP contribution is -2.41. The molecule has 55 heavy (non-hydrogen) atoms. The molecular formula is C42H86O12Si. The van der Waals surface area contributed by atoms with Crippen molar-refractivity contribution in [3.8, 4) is 0 Å². The van der Waals surface area contributed by atoms with Gasteiger partial charge >= 0.3 is 5.97 Å². The number of carbonyl (C=O) groups is 1. The van der Waals surface area contributed by atoms with Crippen LogP contribution in [0.25, 0.3) is 0 Å². The van der Waals surface area contributed by atoms with Crippen LogP contribution in [-0.2, 0) is 56.6 Å². The zero-order valence-corrected chi connectivity index (χ0v) is 37.4. The molecule has 0 aromatic rings. The topological polar surface area (TPSA) is 119 Å². The molecule has 12 nitrogen and oxygen atoms in total. The molecule has 0 radical (unpaired) electrons. The molecule has 0 N–H and O–H groups in total. The van der Waals surface area contributed by atoms with Crippen molar-refractivity contribution in [1.82, 2.24) is 0 Å². The van der Waals surface area contributed by atoms with Crippen molar-refractivity contribution in [3.05, 3.63) is 0 Å². The first kappa shape index (κ1) is 54.3. The summed E-state index contributed by atoms with van der Waals surface area (Å²) >= 11 is 0. The van der Waals surface area contributed by atoms with Crippen LogP contribution in [0.15, 0.2) is 0 Å². The maximum atomic E-state index is 11.9. The Hall–Kier alpha value is -0.713. The lowest BCUT2D eigenvalue weighted by molar-refractivity contribution is -0.145. The fourth-order valence-electron chi connectivity index (χ4n) is 5.01. The van der Waals surface area contributed by atoms with Crippen molar-refractivity contribution in [3.63, 3.8) is 0 Å². The number of ether oxygens (including phenoxy) is 10. The molecule has 0 aliphatic carbocycles. The van der Waals surface area contributed by atoms with Gasteiger partial charge in [0, 0.05) is 6.42 Å². The standard InChI is InChI=1S/C42H86O12Si/c1-7-8-9-10-11-12-13-14-15-16-17-18-19-20-41(43)53-39-37-51-35-33-49-31-29-47-27-25-45-23-21-44-22-24-46-26-28-48-30-32-50-34-36-52-38-40-54-55(5,6)42(2,3)4/h7-40H2,1-6H3. The molecule has 0 rings (SSSR count). The maximum absolute atomic E-state index is 11.9. The molecular weight excluding hydrogens is 725 g/mol. The second-order valence-electron chi connectivity index (χ2n) is 15.3. The van der Waals surface area contributed by atoms with Gasteiger partial charge in [0.05, 0.1) is 126 Å². The van der Waals surface area contributed by atoms with Crippen molar-refractivity contribution in [2.45, 2.75) is 136 Å². The second kappa shape index (κ2) is 41.4. The average molecular weight is 811 g/mol. The van der Waals surface area contributed by atoms with Gasteiger partial charge in [-0.05, 0) is 24.6 Å². The van der Waals surface area contributed by atoms with E-state index in [-0.39, 0.29) is 11.0 Å². The van der Waals surface area contributed by atoms with E-state index in [1.54, 1.807) is 0 Å². The summed E-state index contributed by atoms with van der Waals surface area (Å²) in [5.74, 6) is -0.130. The summed E-state index contributed by atoms with van der Waals surface area (Å²) in [6.07, 6.45) is 17.3. The first-order valence-corrected chi connectivity index (χ1v) is 24.6. The Kier molecular flexibility index (Phi) is 40.9. The molecule has 0 spiro atoms. The van der Waals surface area contributed by atoms with Gasteiger partial charge in [-0.15, -0.1) is 0 Å². The van der Waals surface area contributed by atoms with E-state index in [1.807, 2.05) is 0 Å². The number of carbonyl (C=O) groups excluding carboxylic acids is 1. The predicted octanol–water partition coefficient (Wildman–Crippen LogP) is 8.18. The first-order chi connectivity index (χ1) is 26.7. The summed E-state index contributed by atoms with van der Waals surface area (Å²) in [5.41, 5.74) is 0. The summed E-state index contributed by atoms with van der Waals surface area (Å²) in [6, 6.07) is 0. The number of esters is 1. The highest BCUT2D eigenvalue weighted by atomic mass is 28.4. The van der Waals surface area contributed by atoms with Crippen molar-refractivity contribution in [2.75, 3.05) is 132 Å². The van der Waals surface area contributed by atoms with Crippen molar-refractivity contribution < 1.29 is 56.6 Å². The molecule has 0 aromatic heterocycles. The van der Waals surface area contributed by atoms with Gasteiger partial charge in [-0.1, -0.05) is 105 Å². The number of rotatable bonds is 45. The second-order valence-corrected chi connectivity index (χ2v) is 20.1. The Morgan fingerprint density at radius 2 is 0.636 bits per heavy atom. The summed E-state index contributed by atoms with van der Waals surface area (Å²) in [5, 5.41) is 0.215. The predicted molar refractivity (Wildman–Crippen MR) is 222 cm³/mol. The molecule has 0 fully saturated rings. The summed E-state index contributed by atoms with van der Waals surface area (Å²) < 4.78 is 61.0. The van der Waals surface area contributed by atoms with Crippen LogP contribution in [0.5, 0.6) is 0 Å². The molecule has 0 aliphatic heterocycles. The van der Waals surface area contributed by atoms with Crippen LogP contribution in [0.4, 0.5) is 0 Å². The van der Waals surface area contributed by atoms with Crippen LogP contribution in [0, 0.1) is 0 Å². The zero-order valence-electron chi connectivity index (χ0n) is 36.4. The fourth-order valence-corrected chi connectivity index (χ4v) is 6.03. The van der Waals surface area contributed by atoms with Gasteiger partial charge in [0.25, 0.3) is 0 Å². The molecule has 0 saturated carbocycles. The molecule has 0 atom stereocenters. The Bertz CT molecular complexity index is 784. The molecule has 0 saturated heterocycles. The number of hydrogen-bond acceptors (Lipinski definition) is 12. The Morgan fingerprint density at radius 3 is 0.927 bits per heavy atom. The van der Waals surface area contributed by atoms with Crippen molar-refractivity contribution in [2.24, 2.45) is 0 Å². The van der Waals surface area contributed by atoms with Crippen LogP contribution < -0.4 is 0 Å². The van der Waals surface area contributed by atoms with Gasteiger partial charge in [0.15, 0.2) is 8.32 Å². The van der Waals surface area contributed by atoms with Crippen LogP contribution in [0.3, 0.4) is 0 Å². The quantitative estimate of drug-likeness (QED) is 0.0335. The summed E-state index contributed by atoms with van der Waals surface area (Å²) in [7, 11) is -1.70. The van der Waals surface area contributed by atoms with E-state index in [9.17, 15) is 4.79 Å². The van der Waals surface area contributed by atoms with Crippen molar-refractivity contribution in [1.29, 1.82) is 0 Å². The smallest absolute Gasteiger partial charge is 0.305 e. The van der Waals surface area contributed by atoms with E-state index in [2.05, 4.69) is 40.8 Å². The van der Waals surface area contributed by atoms with E-state index in [0.29, 0.717) is 139 Å². The van der Waals surface area contributed by atoms with Crippen LogP contribution in [-0.4, -0.2) is 146 Å². The Labute approximate surface area is 338 Å². The molecule has 0 aliphatic rings. The average Bonchev–Trinajstić information content (AvgIpc) is 3.15. The normalized spacial score (nSPS) is 12.2. The first-order valence-electron chi connectivity index (χ1n) is 21.7. The third kappa shape index (κ3) is 41.3. The van der Waals surface area contributed by atoms with Gasteiger partial charge < -0.3 is 51.8 Å². The summed E-state index contributed by atoms with van der Waals surface area (Å²) in [4.78, 5) is 11.9. The highest BCUT2D eigenvalue weighted by Crippen LogP contribution is 2.36. The fraction of sp³-hybridized carbons (Fsp3) is 0.976. The van der Waals surface area contributed by atoms with Crippen LogP contribution in [0.1, 0.15) is 118 Å². The van der Waals surface area contributed by atoms with E-state index in [1.165, 1.54) is 70.6 Å². The van der Waals surface area contributed by atoms with Gasteiger partial charge in [-0.2, -0.15) is 0 Å². The maximum Gasteiger partial charge on any atom is 0.305 e. The minimum atomic E-state index is -1.70. The zero-order chi connectivity index (χ0) is 40.4. The van der Waals surface area contributed by atoms with Gasteiger partial charge in [-0.25, -0.2) is 0 Å². The Morgan fingerprint density at radius 1 is 0.382 bits per heavy atom. The van der Waals surface area contributed by atoms with E-state index < -0.39 is 8.32 Å². The molecule has 0 unspecified atom stereocenters. The molecule has 0 bridgehead atoms.